The molecule has 2 heterocycles. The lowest BCUT2D eigenvalue weighted by Crippen LogP contribution is -2.52. The number of β-amino-alcohol motifs (C(OH)–C–C–N with tert-alkyl or cyclic N) is 1. The van der Waals surface area contributed by atoms with Gasteiger partial charge in [-0.2, -0.15) is 0 Å². The molecule has 1 aromatic heterocycles. The average Bonchev–Trinajstić information content (AvgIpc) is 3.29. The monoisotopic (exact) mass is 386 g/mol. The summed E-state index contributed by atoms with van der Waals surface area (Å²) in [5.74, 6) is -0.547. The van der Waals surface area contributed by atoms with Crippen LogP contribution in [-0.2, 0) is 11.3 Å². The van der Waals surface area contributed by atoms with Gasteiger partial charge in [-0.05, 0) is 43.0 Å². The fourth-order valence-corrected chi connectivity index (χ4v) is 4.04. The van der Waals surface area contributed by atoms with Crippen molar-refractivity contribution in [3.05, 3.63) is 54.4 Å². The second-order valence-corrected chi connectivity index (χ2v) is 7.67. The van der Waals surface area contributed by atoms with E-state index in [2.05, 4.69) is 10.3 Å². The number of aromatic nitrogens is 2. The first-order chi connectivity index (χ1) is 13.5. The fourth-order valence-electron chi connectivity index (χ4n) is 4.04. The van der Waals surface area contributed by atoms with E-state index in [1.165, 1.54) is 29.2 Å². The Kier molecular flexibility index (Phi) is 5.13. The van der Waals surface area contributed by atoms with E-state index in [0.717, 1.165) is 19.4 Å². The fraction of sp³-hybridized carbons (Fsp3) is 0.450. The van der Waals surface area contributed by atoms with E-state index in [4.69, 9.17) is 0 Å². The minimum Gasteiger partial charge on any atom is -0.391 e. The summed E-state index contributed by atoms with van der Waals surface area (Å²) in [5, 5.41) is 13.0. The molecule has 0 bridgehead atoms. The van der Waals surface area contributed by atoms with E-state index in [1.807, 2.05) is 10.8 Å². The van der Waals surface area contributed by atoms with Crippen LogP contribution in [0.25, 0.3) is 0 Å². The van der Waals surface area contributed by atoms with Crippen LogP contribution in [-0.4, -0.2) is 56.1 Å². The minimum atomic E-state index is -0.740. The summed E-state index contributed by atoms with van der Waals surface area (Å²) in [5.41, 5.74) is 0.303. The number of nitrogens with zero attached hydrogens (tertiary/aromatic N) is 3. The number of imidazole rings is 1. The first-order valence-electron chi connectivity index (χ1n) is 9.50. The molecule has 2 atom stereocenters. The van der Waals surface area contributed by atoms with E-state index < -0.39 is 18.0 Å². The van der Waals surface area contributed by atoms with Gasteiger partial charge in [0.2, 0.25) is 5.91 Å². The number of benzene rings is 1. The second-order valence-electron chi connectivity index (χ2n) is 7.67. The first-order valence-corrected chi connectivity index (χ1v) is 9.50. The van der Waals surface area contributed by atoms with Crippen molar-refractivity contribution < 1.29 is 19.1 Å². The van der Waals surface area contributed by atoms with E-state index in [0.29, 0.717) is 11.5 Å². The minimum absolute atomic E-state index is 0.0848. The van der Waals surface area contributed by atoms with E-state index in [-0.39, 0.29) is 30.8 Å². The number of halogens is 1. The Morgan fingerprint density at radius 3 is 2.64 bits per heavy atom. The zero-order chi connectivity index (χ0) is 19.7. The molecule has 7 nitrogen and oxygen atoms in total. The number of hydrogen-bond acceptors (Lipinski definition) is 4. The van der Waals surface area contributed by atoms with Crippen molar-refractivity contribution in [2.24, 2.45) is 5.92 Å². The molecule has 2 N–H and O–H groups in total. The summed E-state index contributed by atoms with van der Waals surface area (Å²) in [4.78, 5) is 30.9. The molecule has 2 unspecified atom stereocenters. The maximum absolute atomic E-state index is 13.1. The lowest BCUT2D eigenvalue weighted by atomic mass is 9.80. The van der Waals surface area contributed by atoms with Crippen LogP contribution in [0.4, 0.5) is 4.39 Å². The number of aliphatic hydroxyl groups is 1. The predicted molar refractivity (Wildman–Crippen MR) is 98.7 cm³/mol. The molecule has 1 saturated heterocycles. The largest absolute Gasteiger partial charge is 0.391 e. The third kappa shape index (κ3) is 3.91. The lowest BCUT2D eigenvalue weighted by molar-refractivity contribution is -0.126. The lowest BCUT2D eigenvalue weighted by Gasteiger charge is -2.37. The molecule has 0 radical (unpaired) electrons. The SMILES string of the molecule is O=C(NC1CC(Cn2ccnc2)C1)C1CC(O)CN1C(=O)c1ccc(F)cc1. The number of carbonyl (C=O) groups excluding carboxylic acids is 2. The number of aliphatic hydroxyl groups excluding tert-OH is 1. The number of carbonyl (C=O) groups is 2. The standard InChI is InChI=1S/C20H23FN4O3/c21-15-3-1-14(2-4-15)20(28)25-11-17(26)9-18(25)19(27)23-16-7-13(8-16)10-24-6-5-22-12-24/h1-6,12-13,16-18,26H,7-11H2,(H,23,27). The predicted octanol–water partition coefficient (Wildman–Crippen LogP) is 1.19. The number of likely N-dealkylation sites (tertiary alicyclic amines) is 1. The van der Waals surface area contributed by atoms with Gasteiger partial charge in [0.05, 0.1) is 12.4 Å². The molecule has 8 heteroatoms. The van der Waals surface area contributed by atoms with Crippen molar-refractivity contribution >= 4 is 11.8 Å². The molecule has 2 aliphatic rings. The molecule has 0 spiro atoms. The van der Waals surface area contributed by atoms with Gasteiger partial charge in [0.1, 0.15) is 11.9 Å². The molecule has 1 aliphatic heterocycles. The zero-order valence-electron chi connectivity index (χ0n) is 15.4. The van der Waals surface area contributed by atoms with Gasteiger partial charge in [-0.15, -0.1) is 0 Å². The summed E-state index contributed by atoms with van der Waals surface area (Å²) < 4.78 is 15.1. The van der Waals surface area contributed by atoms with Crippen molar-refractivity contribution in [1.29, 1.82) is 0 Å². The Morgan fingerprint density at radius 2 is 1.96 bits per heavy atom. The molecule has 2 aromatic rings. The topological polar surface area (TPSA) is 87.5 Å². The van der Waals surface area contributed by atoms with Crippen LogP contribution in [0.15, 0.2) is 43.0 Å². The molecule has 4 rings (SSSR count). The Bertz CT molecular complexity index is 834. The quantitative estimate of drug-likeness (QED) is 0.808. The Labute approximate surface area is 162 Å². The third-order valence-electron chi connectivity index (χ3n) is 5.54. The molecule has 1 saturated carbocycles. The van der Waals surface area contributed by atoms with Gasteiger partial charge < -0.3 is 19.9 Å². The van der Waals surface area contributed by atoms with Gasteiger partial charge in [0.25, 0.3) is 5.91 Å². The average molecular weight is 386 g/mol. The highest BCUT2D eigenvalue weighted by molar-refractivity contribution is 5.98. The van der Waals surface area contributed by atoms with Crippen molar-refractivity contribution in [1.82, 2.24) is 19.8 Å². The molecular formula is C20H23FN4O3. The normalized spacial score (nSPS) is 26.7. The van der Waals surface area contributed by atoms with Crippen LogP contribution in [0.5, 0.6) is 0 Å². The van der Waals surface area contributed by atoms with E-state index in [1.54, 1.807) is 12.5 Å². The smallest absolute Gasteiger partial charge is 0.254 e. The molecule has 148 valence electrons. The van der Waals surface area contributed by atoms with Gasteiger partial charge in [-0.1, -0.05) is 0 Å². The van der Waals surface area contributed by atoms with Crippen molar-refractivity contribution in [3.63, 3.8) is 0 Å². The highest BCUT2D eigenvalue weighted by atomic mass is 19.1. The molecule has 2 amide bonds. The maximum atomic E-state index is 13.1. The van der Waals surface area contributed by atoms with Crippen molar-refractivity contribution in [2.45, 2.75) is 44.0 Å². The summed E-state index contributed by atoms with van der Waals surface area (Å²) in [6.07, 6.45) is 6.68. The van der Waals surface area contributed by atoms with Crippen molar-refractivity contribution in [2.75, 3.05) is 6.54 Å². The first kappa shape index (κ1) is 18.6. The highest BCUT2D eigenvalue weighted by Crippen LogP contribution is 2.30. The Hall–Kier alpha value is -2.74. The number of amides is 2. The van der Waals surface area contributed by atoms with Gasteiger partial charge in [0, 0.05) is 43.5 Å². The van der Waals surface area contributed by atoms with Gasteiger partial charge in [-0.3, -0.25) is 9.59 Å². The number of hydrogen-bond donors (Lipinski definition) is 2. The van der Waals surface area contributed by atoms with Gasteiger partial charge in [0.15, 0.2) is 0 Å². The number of rotatable bonds is 5. The van der Waals surface area contributed by atoms with Gasteiger partial charge >= 0.3 is 0 Å². The molecular weight excluding hydrogens is 363 g/mol. The van der Waals surface area contributed by atoms with Gasteiger partial charge in [-0.25, -0.2) is 9.37 Å². The van der Waals surface area contributed by atoms with Crippen LogP contribution >= 0.6 is 0 Å². The van der Waals surface area contributed by atoms with E-state index >= 15 is 0 Å². The van der Waals surface area contributed by atoms with Crippen LogP contribution in [0, 0.1) is 11.7 Å². The van der Waals surface area contributed by atoms with Crippen LogP contribution in [0.1, 0.15) is 29.6 Å². The molecule has 1 aromatic carbocycles. The molecule has 2 fully saturated rings. The summed E-state index contributed by atoms with van der Waals surface area (Å²) in [7, 11) is 0. The van der Waals surface area contributed by atoms with E-state index in [9.17, 15) is 19.1 Å². The molecule has 1 aliphatic carbocycles. The third-order valence-corrected chi connectivity index (χ3v) is 5.54. The second kappa shape index (κ2) is 7.71. The maximum Gasteiger partial charge on any atom is 0.254 e. The highest BCUT2D eigenvalue weighted by Gasteiger charge is 2.41. The van der Waals surface area contributed by atoms with Crippen LogP contribution < -0.4 is 5.32 Å². The number of nitrogens with one attached hydrogen (secondary N) is 1. The van der Waals surface area contributed by atoms with Crippen LogP contribution in [0.3, 0.4) is 0 Å². The van der Waals surface area contributed by atoms with Crippen LogP contribution in [0.2, 0.25) is 0 Å². The Morgan fingerprint density at radius 1 is 1.21 bits per heavy atom. The Balaban J connectivity index is 1.33. The molecule has 28 heavy (non-hydrogen) atoms. The summed E-state index contributed by atoms with van der Waals surface area (Å²) in [6, 6.07) is 4.59. The summed E-state index contributed by atoms with van der Waals surface area (Å²) in [6.45, 7) is 0.978. The zero-order valence-corrected chi connectivity index (χ0v) is 15.4. The van der Waals surface area contributed by atoms with Crippen molar-refractivity contribution in [3.8, 4) is 0 Å². The summed E-state index contributed by atoms with van der Waals surface area (Å²) >= 11 is 0.